The lowest BCUT2D eigenvalue weighted by atomic mass is 9.68. The van der Waals surface area contributed by atoms with Crippen molar-refractivity contribution in [1.82, 2.24) is 0 Å². The second-order valence-electron chi connectivity index (χ2n) is 8.18. The molecule has 27 heavy (non-hydrogen) atoms. The summed E-state index contributed by atoms with van der Waals surface area (Å²) in [4.78, 5) is 13.2. The van der Waals surface area contributed by atoms with Crippen LogP contribution in [0.25, 0.3) is 12.2 Å². The van der Waals surface area contributed by atoms with E-state index in [0.717, 1.165) is 35.1 Å². The van der Waals surface area contributed by atoms with E-state index in [4.69, 9.17) is 23.2 Å². The van der Waals surface area contributed by atoms with Gasteiger partial charge in [0.1, 0.15) is 0 Å². The Labute approximate surface area is 171 Å². The SMILES string of the molecule is CC(C)(C)C1C/C(=C\c2ccccc2Cl)C(=O)/C(=C/c2ccccc2Cl)C1. The molecule has 3 rings (SSSR count). The zero-order valence-corrected chi connectivity index (χ0v) is 17.4. The number of carbonyl (C=O) groups excluding carboxylic acids is 1. The van der Waals surface area contributed by atoms with Crippen molar-refractivity contribution >= 4 is 41.1 Å². The van der Waals surface area contributed by atoms with E-state index in [0.29, 0.717) is 16.0 Å². The van der Waals surface area contributed by atoms with Crippen LogP contribution in [0.3, 0.4) is 0 Å². The number of rotatable bonds is 2. The number of hydrogen-bond donors (Lipinski definition) is 0. The first-order valence-corrected chi connectivity index (χ1v) is 9.96. The van der Waals surface area contributed by atoms with Gasteiger partial charge in [0, 0.05) is 21.2 Å². The van der Waals surface area contributed by atoms with E-state index < -0.39 is 0 Å². The fourth-order valence-corrected chi connectivity index (χ4v) is 3.80. The van der Waals surface area contributed by atoms with E-state index in [2.05, 4.69) is 20.8 Å². The maximum atomic E-state index is 13.2. The molecule has 0 atom stereocenters. The Morgan fingerprint density at radius 3 is 1.59 bits per heavy atom. The lowest BCUT2D eigenvalue weighted by Gasteiger charge is -2.35. The third kappa shape index (κ3) is 4.72. The summed E-state index contributed by atoms with van der Waals surface area (Å²) in [5.74, 6) is 0.466. The molecule has 0 amide bonds. The third-order valence-corrected chi connectivity index (χ3v) is 5.90. The molecule has 1 aliphatic carbocycles. The van der Waals surface area contributed by atoms with Crippen molar-refractivity contribution < 1.29 is 4.79 Å². The summed E-state index contributed by atoms with van der Waals surface area (Å²) in [5.41, 5.74) is 3.49. The molecular formula is C24H24Cl2O. The van der Waals surface area contributed by atoms with Crippen LogP contribution in [0, 0.1) is 11.3 Å². The highest BCUT2D eigenvalue weighted by atomic mass is 35.5. The van der Waals surface area contributed by atoms with Crippen LogP contribution < -0.4 is 0 Å². The molecular weight excluding hydrogens is 375 g/mol. The van der Waals surface area contributed by atoms with E-state index in [1.54, 1.807) is 0 Å². The summed E-state index contributed by atoms with van der Waals surface area (Å²) in [6.07, 6.45) is 5.41. The number of allylic oxidation sites excluding steroid dienone is 2. The molecule has 2 aromatic rings. The minimum atomic E-state index is 0.0929. The first kappa shape index (κ1) is 19.9. The van der Waals surface area contributed by atoms with Crippen molar-refractivity contribution in [3.05, 3.63) is 80.8 Å². The topological polar surface area (TPSA) is 17.1 Å². The zero-order valence-electron chi connectivity index (χ0n) is 15.9. The summed E-state index contributed by atoms with van der Waals surface area (Å²) in [7, 11) is 0. The highest BCUT2D eigenvalue weighted by Gasteiger charge is 2.34. The highest BCUT2D eigenvalue weighted by molar-refractivity contribution is 6.33. The van der Waals surface area contributed by atoms with E-state index in [1.807, 2.05) is 60.7 Å². The normalized spacial score (nSPS) is 21.1. The van der Waals surface area contributed by atoms with Crippen molar-refractivity contribution in [3.63, 3.8) is 0 Å². The van der Waals surface area contributed by atoms with Crippen LogP contribution in [-0.4, -0.2) is 5.78 Å². The molecule has 0 N–H and O–H groups in total. The van der Waals surface area contributed by atoms with Crippen molar-refractivity contribution in [2.75, 3.05) is 0 Å². The Morgan fingerprint density at radius 1 is 0.815 bits per heavy atom. The summed E-state index contributed by atoms with van der Waals surface area (Å²) in [6, 6.07) is 15.3. The molecule has 0 saturated heterocycles. The second-order valence-corrected chi connectivity index (χ2v) is 9.00. The minimum Gasteiger partial charge on any atom is -0.289 e. The molecule has 3 heteroatoms. The minimum absolute atomic E-state index is 0.0929. The summed E-state index contributed by atoms with van der Waals surface area (Å²) < 4.78 is 0. The molecule has 0 bridgehead atoms. The van der Waals surface area contributed by atoms with Gasteiger partial charge in [-0.2, -0.15) is 0 Å². The number of halogens is 2. The Kier molecular flexibility index (Phi) is 5.93. The molecule has 1 saturated carbocycles. The van der Waals surface area contributed by atoms with Crippen LogP contribution in [0.4, 0.5) is 0 Å². The first-order chi connectivity index (χ1) is 12.8. The number of Topliss-reactive ketones (excluding diaryl/α,β-unsaturated/α-hetero) is 1. The van der Waals surface area contributed by atoms with Crippen molar-refractivity contribution in [2.45, 2.75) is 33.6 Å². The number of hydrogen-bond acceptors (Lipinski definition) is 1. The monoisotopic (exact) mass is 398 g/mol. The van der Waals surface area contributed by atoms with Crippen LogP contribution in [-0.2, 0) is 4.79 Å². The Bertz CT molecular complexity index is 848. The average molecular weight is 399 g/mol. The second kappa shape index (κ2) is 8.04. The average Bonchev–Trinajstić information content (AvgIpc) is 2.61. The molecule has 0 heterocycles. The molecule has 0 spiro atoms. The molecule has 0 aliphatic heterocycles. The van der Waals surface area contributed by atoms with Crippen LogP contribution in [0.2, 0.25) is 10.0 Å². The molecule has 2 aromatic carbocycles. The van der Waals surface area contributed by atoms with Crippen LogP contribution in [0.5, 0.6) is 0 Å². The number of benzene rings is 2. The van der Waals surface area contributed by atoms with Gasteiger partial charge in [0.2, 0.25) is 0 Å². The maximum Gasteiger partial charge on any atom is 0.185 e. The Morgan fingerprint density at radius 2 is 1.22 bits per heavy atom. The van der Waals surface area contributed by atoms with Crippen molar-refractivity contribution in [1.29, 1.82) is 0 Å². The van der Waals surface area contributed by atoms with E-state index in [9.17, 15) is 4.79 Å². The molecule has 0 aromatic heterocycles. The van der Waals surface area contributed by atoms with Gasteiger partial charge in [0.15, 0.2) is 5.78 Å². The summed E-state index contributed by atoms with van der Waals surface area (Å²) in [6.45, 7) is 6.69. The van der Waals surface area contributed by atoms with E-state index in [-0.39, 0.29) is 11.2 Å². The maximum absolute atomic E-state index is 13.2. The van der Waals surface area contributed by atoms with Gasteiger partial charge < -0.3 is 0 Å². The predicted molar refractivity (Wildman–Crippen MR) is 116 cm³/mol. The standard InChI is InChI=1S/C24H24Cl2O/c1-24(2,3)20-14-18(12-16-8-4-6-10-21(16)25)23(27)19(15-20)13-17-9-5-7-11-22(17)26/h4-13,20H,14-15H2,1-3H3/b18-12+,19-13+. The van der Waals surface area contributed by atoms with Crippen molar-refractivity contribution in [2.24, 2.45) is 11.3 Å². The van der Waals surface area contributed by atoms with Crippen LogP contribution in [0.1, 0.15) is 44.7 Å². The van der Waals surface area contributed by atoms with Crippen LogP contribution in [0.15, 0.2) is 59.7 Å². The third-order valence-electron chi connectivity index (χ3n) is 5.21. The Balaban J connectivity index is 2.05. The van der Waals surface area contributed by atoms with E-state index >= 15 is 0 Å². The van der Waals surface area contributed by atoms with Gasteiger partial charge >= 0.3 is 0 Å². The number of carbonyl (C=O) groups is 1. The van der Waals surface area contributed by atoms with Gasteiger partial charge in [0.25, 0.3) is 0 Å². The molecule has 1 fully saturated rings. The molecule has 0 unspecified atom stereocenters. The highest BCUT2D eigenvalue weighted by Crippen LogP contribution is 2.42. The predicted octanol–water partition coefficient (Wildman–Crippen LogP) is 7.49. The van der Waals surface area contributed by atoms with E-state index in [1.165, 1.54) is 0 Å². The lowest BCUT2D eigenvalue weighted by Crippen LogP contribution is -2.29. The van der Waals surface area contributed by atoms with Gasteiger partial charge in [-0.05, 0) is 59.6 Å². The lowest BCUT2D eigenvalue weighted by molar-refractivity contribution is -0.113. The zero-order chi connectivity index (χ0) is 19.6. The molecule has 0 radical (unpaired) electrons. The largest absolute Gasteiger partial charge is 0.289 e. The summed E-state index contributed by atoms with van der Waals surface area (Å²) >= 11 is 12.6. The summed E-state index contributed by atoms with van der Waals surface area (Å²) in [5, 5.41) is 1.32. The molecule has 1 nitrogen and oxygen atoms in total. The molecule has 1 aliphatic rings. The van der Waals surface area contributed by atoms with Crippen LogP contribution >= 0.6 is 23.2 Å². The number of ketones is 1. The quantitative estimate of drug-likeness (QED) is 0.478. The Hall–Kier alpha value is -1.83. The first-order valence-electron chi connectivity index (χ1n) is 9.20. The van der Waals surface area contributed by atoms with Gasteiger partial charge in [-0.3, -0.25) is 4.79 Å². The smallest absolute Gasteiger partial charge is 0.185 e. The van der Waals surface area contributed by atoms with Gasteiger partial charge in [-0.1, -0.05) is 80.4 Å². The van der Waals surface area contributed by atoms with Gasteiger partial charge in [0.05, 0.1) is 0 Å². The molecule has 140 valence electrons. The fourth-order valence-electron chi connectivity index (χ4n) is 3.42. The van der Waals surface area contributed by atoms with Gasteiger partial charge in [-0.15, -0.1) is 0 Å². The fraction of sp³-hybridized carbons (Fsp3) is 0.292. The van der Waals surface area contributed by atoms with Gasteiger partial charge in [-0.25, -0.2) is 0 Å². The van der Waals surface area contributed by atoms with Crippen molar-refractivity contribution in [3.8, 4) is 0 Å².